The molecular formula is C18H32O2S. The molecule has 1 aliphatic carbocycles. The summed E-state index contributed by atoms with van der Waals surface area (Å²) in [5.74, 6) is 2.78. The number of aliphatic hydroxyl groups is 1. The van der Waals surface area contributed by atoms with Crippen LogP contribution in [0.25, 0.3) is 0 Å². The summed E-state index contributed by atoms with van der Waals surface area (Å²) in [6.07, 6.45) is 6.41. The van der Waals surface area contributed by atoms with E-state index in [1.165, 1.54) is 18.6 Å². The molecule has 3 rings (SSSR count). The Bertz CT molecular complexity index is 380. The minimum atomic E-state index is -0.491. The van der Waals surface area contributed by atoms with Crippen molar-refractivity contribution in [2.75, 3.05) is 18.1 Å². The maximum Gasteiger partial charge on any atom is 0.0784 e. The minimum absolute atomic E-state index is 0.0784. The van der Waals surface area contributed by atoms with E-state index in [2.05, 4.69) is 27.7 Å². The van der Waals surface area contributed by atoms with Gasteiger partial charge in [0, 0.05) is 12.4 Å². The van der Waals surface area contributed by atoms with Crippen LogP contribution >= 0.6 is 11.8 Å². The highest BCUT2D eigenvalue weighted by Crippen LogP contribution is 2.55. The van der Waals surface area contributed by atoms with E-state index in [0.717, 1.165) is 38.0 Å². The van der Waals surface area contributed by atoms with Gasteiger partial charge in [0.15, 0.2) is 0 Å². The van der Waals surface area contributed by atoms with Gasteiger partial charge in [0.25, 0.3) is 0 Å². The number of ether oxygens (including phenoxy) is 1. The summed E-state index contributed by atoms with van der Waals surface area (Å²) >= 11 is 2.02. The van der Waals surface area contributed by atoms with Crippen LogP contribution in [-0.4, -0.2) is 34.4 Å². The van der Waals surface area contributed by atoms with Crippen LogP contribution in [0.2, 0.25) is 0 Å². The van der Waals surface area contributed by atoms with Crippen molar-refractivity contribution in [1.29, 1.82) is 0 Å². The van der Waals surface area contributed by atoms with Crippen LogP contribution in [0.5, 0.6) is 0 Å². The van der Waals surface area contributed by atoms with Gasteiger partial charge in [-0.15, -0.1) is 0 Å². The van der Waals surface area contributed by atoms with Crippen LogP contribution < -0.4 is 0 Å². The summed E-state index contributed by atoms with van der Waals surface area (Å²) in [5, 5.41) is 11.5. The lowest BCUT2D eigenvalue weighted by Gasteiger charge is -2.54. The standard InChI is InChI=1S/C18H32O2S/c1-15(2)10-16(3,4)12-18(19,11-15)14-5-7-20-17(9-14)6-8-21-13-17/h14,19H,5-13H2,1-4H3. The predicted molar refractivity (Wildman–Crippen MR) is 89.7 cm³/mol. The molecule has 0 amide bonds. The molecule has 1 N–H and O–H groups in total. The molecule has 3 aliphatic rings. The Balaban J connectivity index is 1.80. The molecule has 0 aromatic heterocycles. The Kier molecular flexibility index (Phi) is 3.95. The van der Waals surface area contributed by atoms with Gasteiger partial charge in [-0.3, -0.25) is 0 Å². The first-order chi connectivity index (χ1) is 9.64. The van der Waals surface area contributed by atoms with Crippen LogP contribution in [0.4, 0.5) is 0 Å². The molecule has 2 nitrogen and oxygen atoms in total. The van der Waals surface area contributed by atoms with Gasteiger partial charge in [0.2, 0.25) is 0 Å². The fourth-order valence-corrected chi connectivity index (χ4v) is 7.16. The third kappa shape index (κ3) is 3.30. The van der Waals surface area contributed by atoms with Crippen LogP contribution in [0, 0.1) is 16.7 Å². The SMILES string of the molecule is CC1(C)CC(C)(C)CC(O)(C2CCOC3(CCSC3)C2)C1. The zero-order valence-corrected chi connectivity index (χ0v) is 15.0. The maximum absolute atomic E-state index is 11.5. The topological polar surface area (TPSA) is 29.5 Å². The Hall–Kier alpha value is 0.270. The highest BCUT2D eigenvalue weighted by molar-refractivity contribution is 7.99. The monoisotopic (exact) mass is 312 g/mol. The quantitative estimate of drug-likeness (QED) is 0.784. The summed E-state index contributed by atoms with van der Waals surface area (Å²) in [6, 6.07) is 0. The summed E-state index contributed by atoms with van der Waals surface area (Å²) in [6.45, 7) is 10.2. The first kappa shape index (κ1) is 16.1. The Labute approximate surface area is 134 Å². The van der Waals surface area contributed by atoms with Crippen LogP contribution in [0.1, 0.15) is 66.2 Å². The van der Waals surface area contributed by atoms with E-state index in [4.69, 9.17) is 4.74 Å². The Morgan fingerprint density at radius 3 is 2.29 bits per heavy atom. The molecule has 0 aromatic carbocycles. The molecule has 2 aliphatic heterocycles. The van der Waals surface area contributed by atoms with Gasteiger partial charge in [-0.1, -0.05) is 27.7 Å². The molecule has 0 bridgehead atoms. The van der Waals surface area contributed by atoms with Gasteiger partial charge in [0.05, 0.1) is 11.2 Å². The van der Waals surface area contributed by atoms with E-state index in [1.54, 1.807) is 0 Å². The summed E-state index contributed by atoms with van der Waals surface area (Å²) in [7, 11) is 0. The zero-order chi connectivity index (χ0) is 15.4. The van der Waals surface area contributed by atoms with Crippen LogP contribution in [-0.2, 0) is 4.74 Å². The van der Waals surface area contributed by atoms with Crippen LogP contribution in [0.3, 0.4) is 0 Å². The van der Waals surface area contributed by atoms with Gasteiger partial charge >= 0.3 is 0 Å². The first-order valence-electron chi connectivity index (χ1n) is 8.58. The zero-order valence-electron chi connectivity index (χ0n) is 14.2. The van der Waals surface area contributed by atoms with Crippen molar-refractivity contribution in [2.24, 2.45) is 16.7 Å². The molecule has 3 fully saturated rings. The molecule has 1 saturated carbocycles. The van der Waals surface area contributed by atoms with Crippen molar-refractivity contribution in [3.63, 3.8) is 0 Å². The van der Waals surface area contributed by atoms with E-state index in [9.17, 15) is 5.11 Å². The lowest BCUT2D eigenvalue weighted by molar-refractivity contribution is -0.172. The molecule has 2 atom stereocenters. The fraction of sp³-hybridized carbons (Fsp3) is 1.00. The van der Waals surface area contributed by atoms with Gasteiger partial charge in [-0.2, -0.15) is 11.8 Å². The van der Waals surface area contributed by atoms with Crippen molar-refractivity contribution in [2.45, 2.75) is 77.4 Å². The maximum atomic E-state index is 11.5. The first-order valence-corrected chi connectivity index (χ1v) is 9.74. The molecule has 122 valence electrons. The van der Waals surface area contributed by atoms with E-state index < -0.39 is 5.60 Å². The average Bonchev–Trinajstić information content (AvgIpc) is 2.72. The second-order valence-corrected chi connectivity index (χ2v) is 10.6. The molecule has 2 heterocycles. The number of hydrogen-bond donors (Lipinski definition) is 1. The number of rotatable bonds is 1. The third-order valence-corrected chi connectivity index (χ3v) is 7.07. The summed E-state index contributed by atoms with van der Waals surface area (Å²) in [4.78, 5) is 0. The van der Waals surface area contributed by atoms with Gasteiger partial charge in [0.1, 0.15) is 0 Å². The second-order valence-electron chi connectivity index (χ2n) is 9.49. The van der Waals surface area contributed by atoms with Crippen molar-refractivity contribution in [3.8, 4) is 0 Å². The van der Waals surface area contributed by atoms with Crippen molar-refractivity contribution in [1.82, 2.24) is 0 Å². The summed E-state index contributed by atoms with van der Waals surface area (Å²) < 4.78 is 6.16. The molecule has 2 unspecified atom stereocenters. The van der Waals surface area contributed by atoms with Crippen LogP contribution in [0.15, 0.2) is 0 Å². The predicted octanol–water partition coefficient (Wildman–Crippen LogP) is 4.26. The Morgan fingerprint density at radius 2 is 1.71 bits per heavy atom. The van der Waals surface area contributed by atoms with E-state index >= 15 is 0 Å². The van der Waals surface area contributed by atoms with Crippen molar-refractivity contribution in [3.05, 3.63) is 0 Å². The van der Waals surface area contributed by atoms with E-state index in [0.29, 0.717) is 5.92 Å². The smallest absolute Gasteiger partial charge is 0.0784 e. The lowest BCUT2D eigenvalue weighted by Crippen LogP contribution is -2.54. The molecule has 1 spiro atoms. The largest absolute Gasteiger partial charge is 0.390 e. The van der Waals surface area contributed by atoms with Crippen molar-refractivity contribution >= 4 is 11.8 Å². The molecule has 3 heteroatoms. The molecular weight excluding hydrogens is 280 g/mol. The fourth-order valence-electron chi connectivity index (χ4n) is 5.78. The highest BCUT2D eigenvalue weighted by Gasteiger charge is 2.53. The van der Waals surface area contributed by atoms with Gasteiger partial charge < -0.3 is 9.84 Å². The number of hydrogen-bond acceptors (Lipinski definition) is 3. The lowest BCUT2D eigenvalue weighted by atomic mass is 9.55. The average molecular weight is 313 g/mol. The van der Waals surface area contributed by atoms with E-state index in [1.807, 2.05) is 11.8 Å². The molecule has 0 aromatic rings. The molecule has 21 heavy (non-hydrogen) atoms. The minimum Gasteiger partial charge on any atom is -0.390 e. The Morgan fingerprint density at radius 1 is 1.05 bits per heavy atom. The van der Waals surface area contributed by atoms with Crippen molar-refractivity contribution < 1.29 is 9.84 Å². The van der Waals surface area contributed by atoms with Gasteiger partial charge in [-0.25, -0.2) is 0 Å². The normalized spacial score (nSPS) is 41.3. The molecule has 2 saturated heterocycles. The number of thioether (sulfide) groups is 1. The third-order valence-electron chi connectivity index (χ3n) is 5.85. The van der Waals surface area contributed by atoms with Gasteiger partial charge in [-0.05, 0) is 61.0 Å². The highest BCUT2D eigenvalue weighted by atomic mass is 32.2. The summed E-state index contributed by atoms with van der Waals surface area (Å²) in [5.41, 5.74) is 0.0725. The second kappa shape index (κ2) is 5.14. The van der Waals surface area contributed by atoms with E-state index in [-0.39, 0.29) is 16.4 Å². The molecule has 0 radical (unpaired) electrons.